The summed E-state index contributed by atoms with van der Waals surface area (Å²) in [5.74, 6) is -2.42. The van der Waals surface area contributed by atoms with Crippen molar-refractivity contribution in [1.82, 2.24) is 10.2 Å². The van der Waals surface area contributed by atoms with E-state index in [2.05, 4.69) is 5.32 Å². The quantitative estimate of drug-likeness (QED) is 0.447. The first-order chi connectivity index (χ1) is 7.61. The number of carbonyl (C=O) groups excluding carboxylic acids is 2. The first kappa shape index (κ1) is 10.8. The third-order valence-corrected chi connectivity index (χ3v) is 2.11. The van der Waals surface area contributed by atoms with Gasteiger partial charge in [-0.3, -0.25) is 9.59 Å². The van der Waals surface area contributed by atoms with E-state index in [1.54, 1.807) is 0 Å². The molecule has 1 saturated heterocycles. The summed E-state index contributed by atoms with van der Waals surface area (Å²) >= 11 is 0. The highest BCUT2D eigenvalue weighted by atomic mass is 19.1. The van der Waals surface area contributed by atoms with Crippen molar-refractivity contribution in [1.29, 1.82) is 0 Å². The first-order valence-electron chi connectivity index (χ1n) is 4.57. The van der Waals surface area contributed by atoms with E-state index in [1.165, 1.54) is 4.90 Å². The second kappa shape index (κ2) is 4.06. The van der Waals surface area contributed by atoms with Crippen LogP contribution in [0, 0.1) is 0 Å². The van der Waals surface area contributed by atoms with E-state index in [-0.39, 0.29) is 13.3 Å². The third-order valence-electron chi connectivity index (χ3n) is 2.11. The number of nitrogens with zero attached hydrogens (tertiary/aromatic N) is 1. The molecule has 16 heavy (non-hydrogen) atoms. The van der Waals surface area contributed by atoms with Crippen LogP contribution in [0.2, 0.25) is 0 Å². The number of epoxide rings is 1. The van der Waals surface area contributed by atoms with Crippen molar-refractivity contribution >= 4 is 11.9 Å². The first-order valence-corrected chi connectivity index (χ1v) is 4.57. The molecule has 1 fully saturated rings. The van der Waals surface area contributed by atoms with E-state index < -0.39 is 30.2 Å². The fourth-order valence-corrected chi connectivity index (χ4v) is 1.25. The molecule has 0 aliphatic carbocycles. The topological polar surface area (TPSA) is 97.2 Å². The molecule has 2 aliphatic heterocycles. The van der Waals surface area contributed by atoms with Gasteiger partial charge in [0, 0.05) is 6.20 Å². The van der Waals surface area contributed by atoms with E-state index in [9.17, 15) is 14.0 Å². The Labute approximate surface area is 90.0 Å². The van der Waals surface area contributed by atoms with Gasteiger partial charge in [0.15, 0.2) is 19.2 Å². The van der Waals surface area contributed by atoms with Gasteiger partial charge in [-0.2, -0.15) is 4.39 Å². The maximum absolute atomic E-state index is 13.1. The Hall–Kier alpha value is -1.67. The highest BCUT2D eigenvalue weighted by molar-refractivity contribution is 5.91. The molecule has 0 aromatic carbocycles. The molecule has 7 nitrogen and oxygen atoms in total. The summed E-state index contributed by atoms with van der Waals surface area (Å²) in [7, 11) is 0. The fraction of sp³-hybridized carbons (Fsp3) is 0.500. The number of nitrogens with one attached hydrogen (secondary N) is 1. The van der Waals surface area contributed by atoms with Crippen molar-refractivity contribution in [3.8, 4) is 0 Å². The van der Waals surface area contributed by atoms with Crippen molar-refractivity contribution in [3.63, 3.8) is 0 Å². The average molecular weight is 231 g/mol. The minimum Gasteiger partial charge on any atom is -0.443 e. The second-order valence-electron chi connectivity index (χ2n) is 3.26. The number of fused-ring (bicyclic) bond motifs is 1. The van der Waals surface area contributed by atoms with E-state index in [0.29, 0.717) is 0 Å². The van der Waals surface area contributed by atoms with Gasteiger partial charge in [0.05, 0.1) is 6.54 Å². The van der Waals surface area contributed by atoms with Gasteiger partial charge in [-0.05, 0) is 0 Å². The van der Waals surface area contributed by atoms with Crippen LogP contribution in [0.25, 0.3) is 0 Å². The molecule has 0 bridgehead atoms. The number of esters is 1. The van der Waals surface area contributed by atoms with Gasteiger partial charge in [-0.25, -0.2) is 0 Å². The van der Waals surface area contributed by atoms with Crippen LogP contribution in [0.5, 0.6) is 0 Å². The lowest BCUT2D eigenvalue weighted by molar-refractivity contribution is -0.146. The smallest absolute Gasteiger partial charge is 0.321 e. The second-order valence-corrected chi connectivity index (χ2v) is 3.26. The lowest BCUT2D eigenvalue weighted by Gasteiger charge is -2.16. The van der Waals surface area contributed by atoms with Gasteiger partial charge >= 0.3 is 5.97 Å². The van der Waals surface area contributed by atoms with Crippen molar-refractivity contribution in [2.75, 3.05) is 13.3 Å². The van der Waals surface area contributed by atoms with Crippen LogP contribution in [0.1, 0.15) is 0 Å². The summed E-state index contributed by atoms with van der Waals surface area (Å²) in [5.41, 5.74) is 5.03. The Kier molecular flexibility index (Phi) is 2.75. The normalized spacial score (nSPS) is 27.5. The zero-order valence-electron chi connectivity index (χ0n) is 8.18. The van der Waals surface area contributed by atoms with Crippen LogP contribution in [-0.4, -0.2) is 42.5 Å². The van der Waals surface area contributed by atoms with Crippen LogP contribution < -0.4 is 11.1 Å². The summed E-state index contributed by atoms with van der Waals surface area (Å²) in [5, 5.41) is 2.29. The van der Waals surface area contributed by atoms with Crippen LogP contribution in [0.15, 0.2) is 12.0 Å². The molecule has 2 atom stereocenters. The number of rotatable bonds is 3. The Morgan fingerprint density at radius 3 is 3.19 bits per heavy atom. The molecule has 2 unspecified atom stereocenters. The number of nitrogens with two attached hydrogens (primary N) is 1. The highest BCUT2D eigenvalue weighted by Crippen LogP contribution is 2.27. The average Bonchev–Trinajstić information content (AvgIpc) is 3.01. The largest absolute Gasteiger partial charge is 0.443 e. The Bertz CT molecular complexity index is 359. The zero-order chi connectivity index (χ0) is 11.7. The Morgan fingerprint density at radius 2 is 2.50 bits per heavy atom. The molecule has 1 amide bonds. The van der Waals surface area contributed by atoms with Crippen LogP contribution in [0.4, 0.5) is 4.39 Å². The molecular weight excluding hydrogens is 221 g/mol. The van der Waals surface area contributed by atoms with E-state index in [1.807, 2.05) is 0 Å². The lowest BCUT2D eigenvalue weighted by Crippen LogP contribution is -2.31. The molecule has 2 aliphatic rings. The summed E-state index contributed by atoms with van der Waals surface area (Å²) in [4.78, 5) is 23.1. The number of amides is 1. The predicted molar refractivity (Wildman–Crippen MR) is 47.8 cm³/mol. The molecule has 0 aromatic heterocycles. The molecule has 2 rings (SSSR count). The van der Waals surface area contributed by atoms with Crippen molar-refractivity contribution in [2.45, 2.75) is 12.5 Å². The molecule has 0 spiro atoms. The van der Waals surface area contributed by atoms with Crippen LogP contribution in [0.3, 0.4) is 0 Å². The van der Waals surface area contributed by atoms with E-state index in [4.69, 9.17) is 15.2 Å². The minimum atomic E-state index is -0.959. The van der Waals surface area contributed by atoms with Gasteiger partial charge in [-0.1, -0.05) is 0 Å². The molecule has 8 heteroatoms. The standard InChI is InChI=1S/C8H10FN3O4/c9-4-2-12(3-15-5(13)1-10)8-7(16-8)11-6(4)14/h2,7-8H,1,3,10H2,(H,11,14). The van der Waals surface area contributed by atoms with E-state index >= 15 is 0 Å². The molecule has 0 aromatic rings. The highest BCUT2D eigenvalue weighted by Gasteiger charge is 2.47. The molecular formula is C8H10FN3O4. The SMILES string of the molecule is NCC(=O)OCN1C=C(F)C(=O)NC2OC21. The fourth-order valence-electron chi connectivity index (χ4n) is 1.25. The number of carbonyl (C=O) groups is 2. The van der Waals surface area contributed by atoms with Crippen molar-refractivity contribution in [3.05, 3.63) is 12.0 Å². The molecule has 0 saturated carbocycles. The van der Waals surface area contributed by atoms with E-state index in [0.717, 1.165) is 6.20 Å². The molecule has 3 N–H and O–H groups in total. The lowest BCUT2D eigenvalue weighted by atomic mass is 10.5. The van der Waals surface area contributed by atoms with Gasteiger partial charge in [0.1, 0.15) is 0 Å². The summed E-state index contributed by atoms with van der Waals surface area (Å²) in [6.45, 7) is -0.467. The number of hydrogen-bond acceptors (Lipinski definition) is 6. The number of ether oxygens (including phenoxy) is 2. The van der Waals surface area contributed by atoms with Crippen LogP contribution >= 0.6 is 0 Å². The zero-order valence-corrected chi connectivity index (χ0v) is 8.18. The van der Waals surface area contributed by atoms with Gasteiger partial charge in [0.25, 0.3) is 5.91 Å². The summed E-state index contributed by atoms with van der Waals surface area (Å²) in [6, 6.07) is 0. The maximum atomic E-state index is 13.1. The maximum Gasteiger partial charge on any atom is 0.321 e. The van der Waals surface area contributed by atoms with Gasteiger partial charge in [0.2, 0.25) is 5.83 Å². The summed E-state index contributed by atoms with van der Waals surface area (Å²) < 4.78 is 22.8. The molecule has 2 heterocycles. The van der Waals surface area contributed by atoms with Gasteiger partial charge in [-0.15, -0.1) is 0 Å². The van der Waals surface area contributed by atoms with Gasteiger partial charge < -0.3 is 25.4 Å². The molecule has 88 valence electrons. The monoisotopic (exact) mass is 231 g/mol. The minimum absolute atomic E-state index is 0.209. The van der Waals surface area contributed by atoms with Crippen molar-refractivity contribution in [2.24, 2.45) is 5.73 Å². The number of hydrogen-bond donors (Lipinski definition) is 2. The predicted octanol–water partition coefficient (Wildman–Crippen LogP) is -1.63. The Balaban J connectivity index is 1.97. The summed E-state index contributed by atoms with van der Waals surface area (Å²) in [6.07, 6.45) is -0.118. The van der Waals surface area contributed by atoms with Crippen molar-refractivity contribution < 1.29 is 23.5 Å². The third kappa shape index (κ3) is 2.12. The molecule has 0 radical (unpaired) electrons. The Morgan fingerprint density at radius 1 is 1.75 bits per heavy atom. The number of halogens is 1. The van der Waals surface area contributed by atoms with Crippen LogP contribution in [-0.2, 0) is 19.1 Å².